The van der Waals surface area contributed by atoms with Crippen LogP contribution in [0.15, 0.2) is 18.2 Å². The van der Waals surface area contributed by atoms with E-state index in [1.54, 1.807) is 32.2 Å². The summed E-state index contributed by atoms with van der Waals surface area (Å²) < 4.78 is 10.1. The smallest absolute Gasteiger partial charge is 0.295 e. The van der Waals surface area contributed by atoms with Crippen LogP contribution in [0.1, 0.15) is 5.56 Å². The molecule has 0 aromatic heterocycles. The monoisotopic (exact) mass is 254 g/mol. The second kappa shape index (κ2) is 7.62. The molecule has 1 aromatic carbocycles. The molecule has 0 aliphatic rings. The molecule has 6 nitrogen and oxygen atoms in total. The molecular weight excluding hydrogens is 236 g/mol. The minimum atomic E-state index is -0.372. The Labute approximate surface area is 106 Å². The van der Waals surface area contributed by atoms with Gasteiger partial charge in [-0.2, -0.15) is 0 Å². The summed E-state index contributed by atoms with van der Waals surface area (Å²) in [5.41, 5.74) is 1.29. The van der Waals surface area contributed by atoms with E-state index in [0.717, 1.165) is 0 Å². The summed E-state index contributed by atoms with van der Waals surface area (Å²) in [5.74, 6) is 0. The SMILES string of the molecule is COCCOCCNc1cccc(C)c1[N+](=O)[O-]. The molecule has 100 valence electrons. The van der Waals surface area contributed by atoms with Crippen molar-refractivity contribution < 1.29 is 14.4 Å². The lowest BCUT2D eigenvalue weighted by molar-refractivity contribution is -0.384. The Morgan fingerprint density at radius 2 is 2.11 bits per heavy atom. The molecule has 0 aliphatic carbocycles. The maximum atomic E-state index is 10.9. The number of nitro groups is 1. The highest BCUT2D eigenvalue weighted by Gasteiger charge is 2.15. The lowest BCUT2D eigenvalue weighted by atomic mass is 10.1. The zero-order valence-corrected chi connectivity index (χ0v) is 10.6. The van der Waals surface area contributed by atoms with Gasteiger partial charge in [0.1, 0.15) is 5.69 Å². The van der Waals surface area contributed by atoms with Gasteiger partial charge in [0.25, 0.3) is 5.69 Å². The van der Waals surface area contributed by atoms with Crippen LogP contribution in [0.25, 0.3) is 0 Å². The van der Waals surface area contributed by atoms with Crippen LogP contribution in [-0.2, 0) is 9.47 Å². The second-order valence-electron chi connectivity index (χ2n) is 3.76. The highest BCUT2D eigenvalue weighted by Crippen LogP contribution is 2.27. The van der Waals surface area contributed by atoms with Gasteiger partial charge in [-0.25, -0.2) is 0 Å². The largest absolute Gasteiger partial charge is 0.382 e. The molecule has 0 bridgehead atoms. The summed E-state index contributed by atoms with van der Waals surface area (Å²) in [7, 11) is 1.61. The van der Waals surface area contributed by atoms with E-state index in [0.29, 0.717) is 37.6 Å². The van der Waals surface area contributed by atoms with Crippen LogP contribution in [0.2, 0.25) is 0 Å². The number of hydrogen-bond donors (Lipinski definition) is 1. The van der Waals surface area contributed by atoms with Gasteiger partial charge in [0.2, 0.25) is 0 Å². The predicted molar refractivity (Wildman–Crippen MR) is 69.0 cm³/mol. The van der Waals surface area contributed by atoms with Crippen LogP contribution < -0.4 is 5.32 Å². The Kier molecular flexibility index (Phi) is 6.10. The van der Waals surface area contributed by atoms with Gasteiger partial charge in [-0.1, -0.05) is 12.1 Å². The van der Waals surface area contributed by atoms with Gasteiger partial charge in [0.05, 0.1) is 24.7 Å². The fraction of sp³-hybridized carbons (Fsp3) is 0.500. The molecule has 18 heavy (non-hydrogen) atoms. The number of nitrogens with zero attached hydrogens (tertiary/aromatic N) is 1. The van der Waals surface area contributed by atoms with Crippen molar-refractivity contribution in [2.75, 3.05) is 38.8 Å². The summed E-state index contributed by atoms with van der Waals surface area (Å²) in [6.07, 6.45) is 0. The zero-order chi connectivity index (χ0) is 13.4. The van der Waals surface area contributed by atoms with Crippen LogP contribution in [0.3, 0.4) is 0 Å². The van der Waals surface area contributed by atoms with Crippen LogP contribution >= 0.6 is 0 Å². The van der Waals surface area contributed by atoms with Gasteiger partial charge in [0.15, 0.2) is 0 Å². The average Bonchev–Trinajstić information content (AvgIpc) is 2.33. The third kappa shape index (κ3) is 4.31. The third-order valence-electron chi connectivity index (χ3n) is 2.41. The molecule has 1 rings (SSSR count). The summed E-state index contributed by atoms with van der Waals surface area (Å²) in [4.78, 5) is 10.6. The van der Waals surface area contributed by atoms with Crippen LogP contribution in [-0.4, -0.2) is 38.4 Å². The first-order valence-electron chi connectivity index (χ1n) is 5.71. The first-order chi connectivity index (χ1) is 8.66. The quantitative estimate of drug-likeness (QED) is 0.436. The number of anilines is 1. The fourth-order valence-electron chi connectivity index (χ4n) is 1.55. The van der Waals surface area contributed by atoms with Crippen molar-refractivity contribution in [3.63, 3.8) is 0 Å². The minimum Gasteiger partial charge on any atom is -0.382 e. The summed E-state index contributed by atoms with van der Waals surface area (Å²) in [6.45, 7) is 3.79. The predicted octanol–water partition coefficient (Wildman–Crippen LogP) is 1.98. The van der Waals surface area contributed by atoms with E-state index >= 15 is 0 Å². The fourth-order valence-corrected chi connectivity index (χ4v) is 1.55. The first-order valence-corrected chi connectivity index (χ1v) is 5.71. The van der Waals surface area contributed by atoms with Crippen molar-refractivity contribution in [3.8, 4) is 0 Å². The standard InChI is InChI=1S/C12H18N2O4/c1-10-4-3-5-11(12(10)14(15)16)13-6-7-18-9-8-17-2/h3-5,13H,6-9H2,1-2H3. The molecule has 0 unspecified atom stereocenters. The lowest BCUT2D eigenvalue weighted by Gasteiger charge is -2.08. The number of rotatable bonds is 8. The number of hydrogen-bond acceptors (Lipinski definition) is 5. The number of benzene rings is 1. The average molecular weight is 254 g/mol. The van der Waals surface area contributed by atoms with Crippen molar-refractivity contribution >= 4 is 11.4 Å². The number of aryl methyl sites for hydroxylation is 1. The molecular formula is C12H18N2O4. The number of nitro benzene ring substituents is 1. The maximum absolute atomic E-state index is 10.9. The third-order valence-corrected chi connectivity index (χ3v) is 2.41. The van der Waals surface area contributed by atoms with Gasteiger partial charge < -0.3 is 14.8 Å². The molecule has 0 aliphatic heterocycles. The molecule has 1 N–H and O–H groups in total. The summed E-state index contributed by atoms with van der Waals surface area (Å²) >= 11 is 0. The van der Waals surface area contributed by atoms with E-state index in [2.05, 4.69) is 5.32 Å². The molecule has 1 aromatic rings. The highest BCUT2D eigenvalue weighted by atomic mass is 16.6. The van der Waals surface area contributed by atoms with E-state index in [9.17, 15) is 10.1 Å². The van der Waals surface area contributed by atoms with Gasteiger partial charge in [-0.3, -0.25) is 10.1 Å². The lowest BCUT2D eigenvalue weighted by Crippen LogP contribution is -2.13. The van der Waals surface area contributed by atoms with E-state index in [1.807, 2.05) is 0 Å². The summed E-state index contributed by atoms with van der Waals surface area (Å²) in [5, 5.41) is 13.9. The van der Waals surface area contributed by atoms with Crippen molar-refractivity contribution in [2.45, 2.75) is 6.92 Å². The van der Waals surface area contributed by atoms with Gasteiger partial charge >= 0.3 is 0 Å². The Hall–Kier alpha value is -1.66. The minimum absolute atomic E-state index is 0.120. The number of methoxy groups -OCH3 is 1. The Bertz CT molecular complexity index is 396. The van der Waals surface area contributed by atoms with E-state index in [4.69, 9.17) is 9.47 Å². The molecule has 0 saturated heterocycles. The number of para-hydroxylation sites is 1. The molecule has 0 atom stereocenters. The van der Waals surface area contributed by atoms with E-state index in [1.165, 1.54) is 0 Å². The van der Waals surface area contributed by atoms with Crippen LogP contribution in [0.4, 0.5) is 11.4 Å². The van der Waals surface area contributed by atoms with Crippen LogP contribution in [0, 0.1) is 17.0 Å². The number of nitrogens with one attached hydrogen (secondary N) is 1. The molecule has 0 fully saturated rings. The van der Waals surface area contributed by atoms with Gasteiger partial charge in [-0.05, 0) is 13.0 Å². The molecule has 0 saturated carbocycles. The molecule has 6 heteroatoms. The van der Waals surface area contributed by atoms with E-state index < -0.39 is 0 Å². The molecule has 0 radical (unpaired) electrons. The Morgan fingerprint density at radius 1 is 1.33 bits per heavy atom. The first kappa shape index (κ1) is 14.4. The zero-order valence-electron chi connectivity index (χ0n) is 10.6. The van der Waals surface area contributed by atoms with Crippen LogP contribution in [0.5, 0.6) is 0 Å². The topological polar surface area (TPSA) is 73.6 Å². The van der Waals surface area contributed by atoms with Crippen molar-refractivity contribution in [1.29, 1.82) is 0 Å². The Balaban J connectivity index is 2.47. The maximum Gasteiger partial charge on any atom is 0.295 e. The van der Waals surface area contributed by atoms with Crippen molar-refractivity contribution in [3.05, 3.63) is 33.9 Å². The molecule has 0 spiro atoms. The van der Waals surface area contributed by atoms with Crippen molar-refractivity contribution in [1.82, 2.24) is 0 Å². The number of ether oxygens (including phenoxy) is 2. The second-order valence-corrected chi connectivity index (χ2v) is 3.76. The Morgan fingerprint density at radius 3 is 2.78 bits per heavy atom. The molecule has 0 heterocycles. The molecule has 0 amide bonds. The highest BCUT2D eigenvalue weighted by molar-refractivity contribution is 5.64. The van der Waals surface area contributed by atoms with Crippen molar-refractivity contribution in [2.24, 2.45) is 0 Å². The van der Waals surface area contributed by atoms with Gasteiger partial charge in [0, 0.05) is 19.2 Å². The van der Waals surface area contributed by atoms with Gasteiger partial charge in [-0.15, -0.1) is 0 Å². The summed E-state index contributed by atoms with van der Waals surface area (Å²) in [6, 6.07) is 5.20. The van der Waals surface area contributed by atoms with E-state index in [-0.39, 0.29) is 10.6 Å². The normalized spacial score (nSPS) is 10.3.